The lowest BCUT2D eigenvalue weighted by molar-refractivity contribution is -0.122. The Morgan fingerprint density at radius 1 is 1.25 bits per heavy atom. The highest BCUT2D eigenvalue weighted by atomic mass is 127. The zero-order valence-electron chi connectivity index (χ0n) is 16.2. The van der Waals surface area contributed by atoms with Crippen molar-refractivity contribution in [1.29, 1.82) is 0 Å². The van der Waals surface area contributed by atoms with Gasteiger partial charge in [-0.05, 0) is 25.0 Å². The average molecular weight is 522 g/mol. The number of benzene rings is 1. The van der Waals surface area contributed by atoms with Crippen LogP contribution in [-0.2, 0) is 4.79 Å². The number of halogens is 2. The minimum Gasteiger partial charge on any atom is -0.490 e. The molecular formula is C19H29ClIN5O2. The SMILES string of the molecule is CN=C(NCCOc1ccccc1Cl)N1CCN(CC(=O)NC2CC2)CC1.I. The lowest BCUT2D eigenvalue weighted by Gasteiger charge is -2.36. The van der Waals surface area contributed by atoms with E-state index < -0.39 is 0 Å². The molecule has 0 radical (unpaired) electrons. The van der Waals surface area contributed by atoms with Gasteiger partial charge in [0.2, 0.25) is 5.91 Å². The Morgan fingerprint density at radius 2 is 1.96 bits per heavy atom. The molecule has 3 rings (SSSR count). The third-order valence-electron chi connectivity index (χ3n) is 4.67. The van der Waals surface area contributed by atoms with Crippen molar-refractivity contribution >= 4 is 47.4 Å². The van der Waals surface area contributed by atoms with Gasteiger partial charge in [-0.3, -0.25) is 14.7 Å². The van der Waals surface area contributed by atoms with Crippen molar-refractivity contribution in [1.82, 2.24) is 20.4 Å². The number of piperazine rings is 1. The number of amides is 1. The van der Waals surface area contributed by atoms with Gasteiger partial charge >= 0.3 is 0 Å². The van der Waals surface area contributed by atoms with E-state index in [0.29, 0.717) is 36.5 Å². The molecule has 2 aliphatic rings. The van der Waals surface area contributed by atoms with E-state index in [0.717, 1.165) is 45.0 Å². The van der Waals surface area contributed by atoms with Crippen LogP contribution in [0.4, 0.5) is 0 Å². The van der Waals surface area contributed by atoms with Gasteiger partial charge < -0.3 is 20.3 Å². The second-order valence-electron chi connectivity index (χ2n) is 6.86. The fourth-order valence-electron chi connectivity index (χ4n) is 3.04. The maximum atomic E-state index is 11.9. The number of para-hydroxylation sites is 1. The summed E-state index contributed by atoms with van der Waals surface area (Å²) in [6.07, 6.45) is 2.25. The zero-order valence-corrected chi connectivity index (χ0v) is 19.3. The number of hydrogen-bond donors (Lipinski definition) is 2. The van der Waals surface area contributed by atoms with Crippen LogP contribution in [0.15, 0.2) is 29.3 Å². The summed E-state index contributed by atoms with van der Waals surface area (Å²) in [5.74, 6) is 1.69. The molecular weight excluding hydrogens is 493 g/mol. The lowest BCUT2D eigenvalue weighted by atomic mass is 10.3. The molecule has 1 heterocycles. The quantitative estimate of drug-likeness (QED) is 0.248. The van der Waals surface area contributed by atoms with E-state index in [4.69, 9.17) is 16.3 Å². The van der Waals surface area contributed by atoms with E-state index >= 15 is 0 Å². The maximum Gasteiger partial charge on any atom is 0.234 e. The van der Waals surface area contributed by atoms with E-state index in [-0.39, 0.29) is 29.9 Å². The molecule has 28 heavy (non-hydrogen) atoms. The minimum atomic E-state index is 0. The number of carbonyl (C=O) groups excluding carboxylic acids is 1. The first-order valence-electron chi connectivity index (χ1n) is 9.50. The zero-order chi connectivity index (χ0) is 19.1. The third kappa shape index (κ3) is 7.29. The van der Waals surface area contributed by atoms with Crippen LogP contribution in [0.25, 0.3) is 0 Å². The van der Waals surface area contributed by atoms with Crippen LogP contribution < -0.4 is 15.4 Å². The van der Waals surface area contributed by atoms with Crippen molar-refractivity contribution in [3.8, 4) is 5.75 Å². The van der Waals surface area contributed by atoms with Crippen LogP contribution in [0, 0.1) is 0 Å². The van der Waals surface area contributed by atoms with Gasteiger partial charge in [-0.15, -0.1) is 24.0 Å². The molecule has 0 bridgehead atoms. The van der Waals surface area contributed by atoms with Gasteiger partial charge in [-0.25, -0.2) is 0 Å². The molecule has 1 aromatic carbocycles. The normalized spacial score (nSPS) is 17.6. The number of ether oxygens (including phenoxy) is 1. The Morgan fingerprint density at radius 3 is 2.61 bits per heavy atom. The van der Waals surface area contributed by atoms with Crippen LogP contribution in [0.1, 0.15) is 12.8 Å². The predicted molar refractivity (Wildman–Crippen MR) is 123 cm³/mol. The number of nitrogens with zero attached hydrogens (tertiary/aromatic N) is 3. The summed E-state index contributed by atoms with van der Waals surface area (Å²) in [6, 6.07) is 7.88. The Bertz CT molecular complexity index is 663. The van der Waals surface area contributed by atoms with E-state index in [9.17, 15) is 4.79 Å². The molecule has 1 saturated carbocycles. The Balaban J connectivity index is 0.00000280. The third-order valence-corrected chi connectivity index (χ3v) is 4.98. The number of rotatable bonds is 7. The van der Waals surface area contributed by atoms with Crippen molar-refractivity contribution in [2.75, 3.05) is 52.9 Å². The molecule has 2 fully saturated rings. The van der Waals surface area contributed by atoms with Gasteiger partial charge in [0.05, 0.1) is 18.1 Å². The van der Waals surface area contributed by atoms with Crippen LogP contribution in [0.5, 0.6) is 5.75 Å². The smallest absolute Gasteiger partial charge is 0.234 e. The first-order chi connectivity index (χ1) is 13.2. The van der Waals surface area contributed by atoms with Crippen LogP contribution >= 0.6 is 35.6 Å². The Labute approximate surface area is 188 Å². The highest BCUT2D eigenvalue weighted by molar-refractivity contribution is 14.0. The second-order valence-corrected chi connectivity index (χ2v) is 7.27. The van der Waals surface area contributed by atoms with Crippen molar-refractivity contribution in [3.05, 3.63) is 29.3 Å². The topological polar surface area (TPSA) is 69.2 Å². The molecule has 1 saturated heterocycles. The molecule has 0 aromatic heterocycles. The number of nitrogens with one attached hydrogen (secondary N) is 2. The van der Waals surface area contributed by atoms with Gasteiger partial charge in [0.15, 0.2) is 5.96 Å². The molecule has 1 aliphatic carbocycles. The summed E-state index contributed by atoms with van der Waals surface area (Å²) in [5.41, 5.74) is 0. The maximum absolute atomic E-state index is 11.9. The average Bonchev–Trinajstić information content (AvgIpc) is 3.48. The standard InChI is InChI=1S/C19H28ClN5O2.HI/c1-21-19(22-8-13-27-17-5-3-2-4-16(17)20)25-11-9-24(10-12-25)14-18(26)23-15-6-7-15;/h2-5,15H,6-14H2,1H3,(H,21,22)(H,23,26);1H. The lowest BCUT2D eigenvalue weighted by Crippen LogP contribution is -2.54. The molecule has 1 amide bonds. The molecule has 2 N–H and O–H groups in total. The summed E-state index contributed by atoms with van der Waals surface area (Å²) in [6.45, 7) is 5.04. The fraction of sp³-hybridized carbons (Fsp3) is 0.579. The van der Waals surface area contributed by atoms with Crippen LogP contribution in [0.3, 0.4) is 0 Å². The number of hydrogen-bond acceptors (Lipinski definition) is 4. The van der Waals surface area contributed by atoms with Gasteiger partial charge in [-0.2, -0.15) is 0 Å². The highest BCUT2D eigenvalue weighted by Gasteiger charge is 2.25. The molecule has 156 valence electrons. The van der Waals surface area contributed by atoms with Crippen molar-refractivity contribution in [3.63, 3.8) is 0 Å². The Hall–Kier alpha value is -1.26. The number of aliphatic imine (C=N–C) groups is 1. The van der Waals surface area contributed by atoms with E-state index in [1.54, 1.807) is 7.05 Å². The Kier molecular flexibility index (Phi) is 9.60. The van der Waals surface area contributed by atoms with Crippen molar-refractivity contribution < 1.29 is 9.53 Å². The highest BCUT2D eigenvalue weighted by Crippen LogP contribution is 2.22. The summed E-state index contributed by atoms with van der Waals surface area (Å²) in [5, 5.41) is 6.99. The van der Waals surface area contributed by atoms with E-state index in [1.165, 1.54) is 0 Å². The summed E-state index contributed by atoms with van der Waals surface area (Å²) >= 11 is 6.09. The summed E-state index contributed by atoms with van der Waals surface area (Å²) in [7, 11) is 1.78. The summed E-state index contributed by atoms with van der Waals surface area (Å²) in [4.78, 5) is 20.7. The monoisotopic (exact) mass is 521 g/mol. The number of carbonyl (C=O) groups is 1. The van der Waals surface area contributed by atoms with Gasteiger partial charge in [-0.1, -0.05) is 23.7 Å². The summed E-state index contributed by atoms with van der Waals surface area (Å²) < 4.78 is 5.70. The van der Waals surface area contributed by atoms with E-state index in [2.05, 4.69) is 25.4 Å². The molecule has 0 atom stereocenters. The molecule has 7 nitrogen and oxygen atoms in total. The molecule has 0 unspecified atom stereocenters. The number of guanidine groups is 1. The van der Waals surface area contributed by atoms with E-state index in [1.807, 2.05) is 24.3 Å². The second kappa shape index (κ2) is 11.7. The van der Waals surface area contributed by atoms with Gasteiger partial charge in [0.1, 0.15) is 12.4 Å². The fourth-order valence-corrected chi connectivity index (χ4v) is 3.23. The first kappa shape index (κ1) is 23.0. The molecule has 1 aromatic rings. The largest absolute Gasteiger partial charge is 0.490 e. The van der Waals surface area contributed by atoms with Crippen LogP contribution in [0.2, 0.25) is 5.02 Å². The minimum absolute atomic E-state index is 0. The van der Waals surface area contributed by atoms with Crippen molar-refractivity contribution in [2.24, 2.45) is 4.99 Å². The van der Waals surface area contributed by atoms with Gasteiger partial charge in [0, 0.05) is 39.3 Å². The van der Waals surface area contributed by atoms with Gasteiger partial charge in [0.25, 0.3) is 0 Å². The first-order valence-corrected chi connectivity index (χ1v) is 9.88. The molecule has 9 heteroatoms. The predicted octanol–water partition coefficient (Wildman–Crippen LogP) is 1.81. The molecule has 0 spiro atoms. The van der Waals surface area contributed by atoms with Crippen LogP contribution in [-0.4, -0.2) is 80.6 Å². The van der Waals surface area contributed by atoms with Crippen molar-refractivity contribution in [2.45, 2.75) is 18.9 Å². The molecule has 1 aliphatic heterocycles.